The van der Waals surface area contributed by atoms with Gasteiger partial charge in [-0.05, 0) is 44.2 Å². The lowest BCUT2D eigenvalue weighted by Crippen LogP contribution is -2.41. The van der Waals surface area contributed by atoms with E-state index >= 15 is 0 Å². The summed E-state index contributed by atoms with van der Waals surface area (Å²) in [6.45, 7) is 3.34. The lowest BCUT2D eigenvalue weighted by atomic mass is 10.2. The number of aryl methyl sites for hydroxylation is 1. The molecule has 0 aliphatic rings. The topological polar surface area (TPSA) is 75.3 Å². The third-order valence-corrected chi connectivity index (χ3v) is 4.94. The monoisotopic (exact) mass is 352 g/mol. The normalized spacial score (nSPS) is 12.7. The maximum atomic E-state index is 12.3. The van der Waals surface area contributed by atoms with E-state index < -0.39 is 22.0 Å². The van der Waals surface area contributed by atoms with Crippen LogP contribution < -0.4 is 10.0 Å². The smallest absolute Gasteiger partial charge is 0.242 e. The summed E-state index contributed by atoms with van der Waals surface area (Å²) in [5.74, 6) is -0.469. The molecule has 7 heteroatoms. The Hall–Kier alpha value is -1.89. The summed E-state index contributed by atoms with van der Waals surface area (Å²) >= 11 is 5.84. The summed E-state index contributed by atoms with van der Waals surface area (Å²) in [6, 6.07) is 12.1. The zero-order valence-electron chi connectivity index (χ0n) is 12.7. The highest BCUT2D eigenvalue weighted by Crippen LogP contribution is 2.15. The van der Waals surface area contributed by atoms with Gasteiger partial charge in [-0.3, -0.25) is 4.79 Å². The molecule has 122 valence electrons. The second kappa shape index (κ2) is 7.12. The van der Waals surface area contributed by atoms with Gasteiger partial charge in [0.2, 0.25) is 15.9 Å². The minimum Gasteiger partial charge on any atom is -0.325 e. The molecule has 2 aromatic carbocycles. The highest BCUT2D eigenvalue weighted by molar-refractivity contribution is 7.89. The van der Waals surface area contributed by atoms with Crippen molar-refractivity contribution in [1.82, 2.24) is 4.72 Å². The predicted octanol–water partition coefficient (Wildman–Crippen LogP) is 2.95. The molecule has 0 radical (unpaired) electrons. The third-order valence-electron chi connectivity index (χ3n) is 3.15. The molecule has 1 atom stereocenters. The van der Waals surface area contributed by atoms with Crippen LogP contribution in [0.5, 0.6) is 0 Å². The van der Waals surface area contributed by atoms with E-state index in [4.69, 9.17) is 11.6 Å². The van der Waals surface area contributed by atoms with E-state index in [1.165, 1.54) is 19.1 Å². The van der Waals surface area contributed by atoms with Gasteiger partial charge >= 0.3 is 0 Å². The van der Waals surface area contributed by atoms with Crippen LogP contribution in [0.3, 0.4) is 0 Å². The van der Waals surface area contributed by atoms with Gasteiger partial charge in [-0.15, -0.1) is 0 Å². The first-order chi connectivity index (χ1) is 10.8. The van der Waals surface area contributed by atoms with Crippen LogP contribution in [0.4, 0.5) is 5.69 Å². The van der Waals surface area contributed by atoms with Crippen molar-refractivity contribution in [2.45, 2.75) is 24.8 Å². The first-order valence-electron chi connectivity index (χ1n) is 6.93. The van der Waals surface area contributed by atoms with E-state index in [2.05, 4.69) is 10.0 Å². The average molecular weight is 353 g/mol. The van der Waals surface area contributed by atoms with Gasteiger partial charge < -0.3 is 5.32 Å². The predicted molar refractivity (Wildman–Crippen MR) is 91.0 cm³/mol. The number of anilines is 1. The van der Waals surface area contributed by atoms with E-state index in [9.17, 15) is 13.2 Å². The quantitative estimate of drug-likeness (QED) is 0.868. The second-order valence-electron chi connectivity index (χ2n) is 5.16. The fourth-order valence-corrected chi connectivity index (χ4v) is 3.28. The number of carbonyl (C=O) groups excluding carboxylic acids is 1. The van der Waals surface area contributed by atoms with Crippen LogP contribution in [-0.4, -0.2) is 20.4 Å². The van der Waals surface area contributed by atoms with Crippen LogP contribution >= 0.6 is 11.6 Å². The van der Waals surface area contributed by atoms with Crippen LogP contribution in [0.2, 0.25) is 5.02 Å². The van der Waals surface area contributed by atoms with Crippen LogP contribution in [0.15, 0.2) is 53.4 Å². The summed E-state index contributed by atoms with van der Waals surface area (Å²) in [5.41, 5.74) is 1.46. The average Bonchev–Trinajstić information content (AvgIpc) is 2.47. The molecule has 0 saturated heterocycles. The van der Waals surface area contributed by atoms with Crippen molar-refractivity contribution in [2.24, 2.45) is 0 Å². The Morgan fingerprint density at radius 1 is 1.13 bits per heavy atom. The van der Waals surface area contributed by atoms with Crippen molar-refractivity contribution in [1.29, 1.82) is 0 Å². The number of hydrogen-bond donors (Lipinski definition) is 2. The van der Waals surface area contributed by atoms with Gasteiger partial charge in [0.15, 0.2) is 0 Å². The Labute approximate surface area is 140 Å². The molecule has 0 aliphatic heterocycles. The molecular formula is C16H17ClN2O3S. The number of rotatable bonds is 5. The van der Waals surface area contributed by atoms with E-state index in [1.54, 1.807) is 36.4 Å². The van der Waals surface area contributed by atoms with Gasteiger partial charge in [-0.2, -0.15) is 4.72 Å². The SMILES string of the molecule is Cc1ccc(S(=O)(=O)N[C@@H](C)C(=O)Nc2cccc(Cl)c2)cc1. The highest BCUT2D eigenvalue weighted by Gasteiger charge is 2.22. The molecule has 5 nitrogen and oxygen atoms in total. The van der Waals surface area contributed by atoms with Crippen LogP contribution in [0.1, 0.15) is 12.5 Å². The Balaban J connectivity index is 2.06. The summed E-state index contributed by atoms with van der Waals surface area (Å²) in [6.07, 6.45) is 0. The molecule has 0 spiro atoms. The van der Waals surface area contributed by atoms with Crippen LogP contribution in [0, 0.1) is 6.92 Å². The van der Waals surface area contributed by atoms with Gasteiger partial charge in [-0.25, -0.2) is 8.42 Å². The van der Waals surface area contributed by atoms with E-state index in [-0.39, 0.29) is 4.90 Å². The maximum absolute atomic E-state index is 12.3. The highest BCUT2D eigenvalue weighted by atomic mass is 35.5. The molecule has 0 aromatic heterocycles. The standard InChI is InChI=1S/C16H17ClN2O3S/c1-11-6-8-15(9-7-11)23(21,22)19-12(2)16(20)18-14-5-3-4-13(17)10-14/h3-10,12,19H,1-2H3,(H,18,20)/t12-/m0/s1. The summed E-state index contributed by atoms with van der Waals surface area (Å²) in [7, 11) is -3.76. The summed E-state index contributed by atoms with van der Waals surface area (Å²) in [4.78, 5) is 12.2. The Morgan fingerprint density at radius 3 is 2.39 bits per heavy atom. The number of nitrogens with one attached hydrogen (secondary N) is 2. The van der Waals surface area contributed by atoms with E-state index in [0.717, 1.165) is 5.56 Å². The second-order valence-corrected chi connectivity index (χ2v) is 7.31. The Kier molecular flexibility index (Phi) is 5.41. The molecule has 2 rings (SSSR count). The van der Waals surface area contributed by atoms with Crippen molar-refractivity contribution in [3.63, 3.8) is 0 Å². The molecule has 1 amide bonds. The number of amides is 1. The molecule has 0 heterocycles. The van der Waals surface area contributed by atoms with Gasteiger partial charge in [-0.1, -0.05) is 35.4 Å². The lowest BCUT2D eigenvalue weighted by Gasteiger charge is -2.14. The zero-order valence-corrected chi connectivity index (χ0v) is 14.3. The largest absolute Gasteiger partial charge is 0.325 e. The van der Waals surface area contributed by atoms with Crippen molar-refractivity contribution >= 4 is 33.2 Å². The van der Waals surface area contributed by atoms with Crippen molar-refractivity contribution in [2.75, 3.05) is 5.32 Å². The fraction of sp³-hybridized carbons (Fsp3) is 0.188. The van der Waals surface area contributed by atoms with Crippen LogP contribution in [0.25, 0.3) is 0 Å². The minimum atomic E-state index is -3.76. The fourth-order valence-electron chi connectivity index (χ4n) is 1.89. The number of carbonyl (C=O) groups is 1. The van der Waals surface area contributed by atoms with Crippen molar-refractivity contribution in [3.8, 4) is 0 Å². The van der Waals surface area contributed by atoms with Gasteiger partial charge in [0, 0.05) is 10.7 Å². The molecular weight excluding hydrogens is 336 g/mol. The van der Waals surface area contributed by atoms with E-state index in [1.807, 2.05) is 6.92 Å². The molecule has 2 aromatic rings. The van der Waals surface area contributed by atoms with Crippen LogP contribution in [-0.2, 0) is 14.8 Å². The molecule has 0 bridgehead atoms. The first kappa shape index (κ1) is 17.5. The lowest BCUT2D eigenvalue weighted by molar-refractivity contribution is -0.117. The molecule has 2 N–H and O–H groups in total. The Morgan fingerprint density at radius 2 is 1.78 bits per heavy atom. The van der Waals surface area contributed by atoms with Crippen molar-refractivity contribution < 1.29 is 13.2 Å². The molecule has 23 heavy (non-hydrogen) atoms. The molecule has 0 saturated carbocycles. The first-order valence-corrected chi connectivity index (χ1v) is 8.79. The van der Waals surface area contributed by atoms with Gasteiger partial charge in [0.05, 0.1) is 10.9 Å². The number of hydrogen-bond acceptors (Lipinski definition) is 3. The number of benzene rings is 2. The van der Waals surface area contributed by atoms with E-state index in [0.29, 0.717) is 10.7 Å². The Bertz CT molecular complexity index is 804. The van der Waals surface area contributed by atoms with Gasteiger partial charge in [0.25, 0.3) is 0 Å². The van der Waals surface area contributed by atoms with Gasteiger partial charge in [0.1, 0.15) is 0 Å². The van der Waals surface area contributed by atoms with Crippen molar-refractivity contribution in [3.05, 3.63) is 59.1 Å². The minimum absolute atomic E-state index is 0.116. The zero-order chi connectivity index (χ0) is 17.0. The number of sulfonamides is 1. The summed E-state index contributed by atoms with van der Waals surface area (Å²) < 4.78 is 26.9. The third kappa shape index (κ3) is 4.79. The molecule has 0 fully saturated rings. The maximum Gasteiger partial charge on any atom is 0.242 e. The number of halogens is 1. The summed E-state index contributed by atoms with van der Waals surface area (Å²) in [5, 5.41) is 3.10. The molecule has 0 aliphatic carbocycles. The molecule has 0 unspecified atom stereocenters.